The van der Waals surface area contributed by atoms with E-state index in [4.69, 9.17) is 10.2 Å². The van der Waals surface area contributed by atoms with Crippen molar-refractivity contribution in [3.63, 3.8) is 0 Å². The van der Waals surface area contributed by atoms with Crippen LogP contribution in [0, 0.1) is 0 Å². The Morgan fingerprint density at radius 3 is 2.32 bits per heavy atom. The Hall–Kier alpha value is -2.91. The third-order valence-corrected chi connectivity index (χ3v) is 4.15. The molecule has 0 aliphatic rings. The molecule has 5 N–H and O–H groups in total. The lowest BCUT2D eigenvalue weighted by atomic mass is 10.2. The van der Waals surface area contributed by atoms with E-state index in [1.54, 1.807) is 0 Å². The minimum absolute atomic E-state index is 0.00932. The van der Waals surface area contributed by atoms with Gasteiger partial charge in [-0.05, 0) is 19.4 Å². The molecule has 0 atom stereocenters. The lowest BCUT2D eigenvalue weighted by Gasteiger charge is -2.14. The van der Waals surface area contributed by atoms with Crippen molar-refractivity contribution in [2.75, 3.05) is 42.3 Å². The molecule has 1 aromatic carbocycles. The van der Waals surface area contributed by atoms with E-state index in [1.807, 2.05) is 48.7 Å². The molecule has 0 fully saturated rings. The van der Waals surface area contributed by atoms with Crippen molar-refractivity contribution in [2.45, 2.75) is 26.4 Å². The summed E-state index contributed by atoms with van der Waals surface area (Å²) in [5.74, 6) is 1.67. The monoisotopic (exact) mass is 385 g/mol. The Kier molecular flexibility index (Phi) is 6.62. The number of anilines is 3. The van der Waals surface area contributed by atoms with Crippen LogP contribution in [0.15, 0.2) is 30.3 Å². The number of aliphatic hydroxyl groups is 2. The highest BCUT2D eigenvalue weighted by Gasteiger charge is 2.19. The smallest absolute Gasteiger partial charge is 0.226 e. The predicted molar refractivity (Wildman–Crippen MR) is 111 cm³/mol. The highest BCUT2D eigenvalue weighted by molar-refractivity contribution is 5.86. The van der Waals surface area contributed by atoms with Crippen molar-refractivity contribution in [3.05, 3.63) is 35.9 Å². The third kappa shape index (κ3) is 4.49. The summed E-state index contributed by atoms with van der Waals surface area (Å²) in [5, 5.41) is 27.8. The van der Waals surface area contributed by atoms with Crippen LogP contribution < -0.4 is 16.0 Å². The van der Waals surface area contributed by atoms with Gasteiger partial charge in [0.05, 0.1) is 13.2 Å². The molecule has 2 heterocycles. The van der Waals surface area contributed by atoms with Crippen molar-refractivity contribution in [3.8, 4) is 0 Å². The van der Waals surface area contributed by atoms with Gasteiger partial charge < -0.3 is 26.2 Å². The molecule has 0 radical (unpaired) electrons. The summed E-state index contributed by atoms with van der Waals surface area (Å²) in [4.78, 5) is 13.8. The quantitative estimate of drug-likeness (QED) is 0.358. The van der Waals surface area contributed by atoms with Gasteiger partial charge in [0.15, 0.2) is 17.0 Å². The number of imidazole rings is 1. The van der Waals surface area contributed by atoms with Gasteiger partial charge in [0.25, 0.3) is 0 Å². The molecule has 0 saturated heterocycles. The summed E-state index contributed by atoms with van der Waals surface area (Å²) in [6.07, 6.45) is 0. The maximum absolute atomic E-state index is 9.16. The minimum atomic E-state index is -0.0130. The van der Waals surface area contributed by atoms with E-state index in [2.05, 4.69) is 30.9 Å². The van der Waals surface area contributed by atoms with E-state index in [-0.39, 0.29) is 19.3 Å². The molecule has 0 amide bonds. The second kappa shape index (κ2) is 9.34. The summed E-state index contributed by atoms with van der Waals surface area (Å²) in [7, 11) is 0. The topological polar surface area (TPSA) is 120 Å². The predicted octanol–water partition coefficient (Wildman–Crippen LogP) is 1.83. The molecule has 0 unspecified atom stereocenters. The zero-order chi connectivity index (χ0) is 19.9. The third-order valence-electron chi connectivity index (χ3n) is 4.15. The number of fused-ring (bicyclic) bond motifs is 1. The van der Waals surface area contributed by atoms with Crippen LogP contribution in [0.4, 0.5) is 17.7 Å². The number of aliphatic hydroxyl groups excluding tert-OH is 2. The standard InChI is InChI=1S/C19H27N7O2/c1-13(2)26-17-15(23-19(26)21-9-11-28)16(24-18(25-17)20-8-10-27)22-12-14-6-4-3-5-7-14/h3-7,13,27-28H,8-12H2,1-2H3,(H,21,23)(H2,20,22,24,25). The molecule has 3 rings (SSSR count). The number of benzene rings is 1. The zero-order valence-corrected chi connectivity index (χ0v) is 16.2. The van der Waals surface area contributed by atoms with Gasteiger partial charge in [-0.1, -0.05) is 30.3 Å². The number of aromatic nitrogens is 4. The van der Waals surface area contributed by atoms with E-state index >= 15 is 0 Å². The van der Waals surface area contributed by atoms with Gasteiger partial charge >= 0.3 is 0 Å². The fourth-order valence-electron chi connectivity index (χ4n) is 2.91. The molecule has 0 spiro atoms. The lowest BCUT2D eigenvalue weighted by molar-refractivity contribution is 0.310. The van der Waals surface area contributed by atoms with E-state index < -0.39 is 0 Å². The molecule has 9 heteroatoms. The summed E-state index contributed by atoms with van der Waals surface area (Å²) in [6, 6.07) is 10.1. The number of hydrogen-bond donors (Lipinski definition) is 5. The average Bonchev–Trinajstić information content (AvgIpc) is 3.08. The molecule has 0 bridgehead atoms. The zero-order valence-electron chi connectivity index (χ0n) is 16.2. The van der Waals surface area contributed by atoms with E-state index in [1.165, 1.54) is 0 Å². The van der Waals surface area contributed by atoms with Crippen LogP contribution in [-0.2, 0) is 6.54 Å². The van der Waals surface area contributed by atoms with Crippen molar-refractivity contribution in [1.29, 1.82) is 0 Å². The van der Waals surface area contributed by atoms with Crippen LogP contribution in [0.3, 0.4) is 0 Å². The molecule has 28 heavy (non-hydrogen) atoms. The maximum Gasteiger partial charge on any atom is 0.226 e. The lowest BCUT2D eigenvalue weighted by Crippen LogP contribution is -2.14. The first kappa shape index (κ1) is 19.8. The molecule has 3 aromatic rings. The molecule has 2 aromatic heterocycles. The second-order valence-corrected chi connectivity index (χ2v) is 6.61. The van der Waals surface area contributed by atoms with Crippen molar-refractivity contribution in [2.24, 2.45) is 0 Å². The molecule has 0 aliphatic heterocycles. The highest BCUT2D eigenvalue weighted by atomic mass is 16.3. The summed E-state index contributed by atoms with van der Waals surface area (Å²) in [5.41, 5.74) is 2.46. The number of nitrogens with one attached hydrogen (secondary N) is 3. The van der Waals surface area contributed by atoms with Crippen LogP contribution in [0.5, 0.6) is 0 Å². The Bertz CT molecular complexity index is 896. The van der Waals surface area contributed by atoms with Crippen molar-refractivity contribution in [1.82, 2.24) is 19.5 Å². The first-order valence-electron chi connectivity index (χ1n) is 9.41. The van der Waals surface area contributed by atoms with Crippen LogP contribution >= 0.6 is 0 Å². The largest absolute Gasteiger partial charge is 0.395 e. The molecular formula is C19H27N7O2. The van der Waals surface area contributed by atoms with Gasteiger partial charge in [-0.2, -0.15) is 9.97 Å². The Morgan fingerprint density at radius 2 is 1.64 bits per heavy atom. The van der Waals surface area contributed by atoms with Gasteiger partial charge in [-0.25, -0.2) is 4.98 Å². The number of nitrogens with zero attached hydrogens (tertiary/aromatic N) is 4. The number of rotatable bonds is 10. The van der Waals surface area contributed by atoms with Gasteiger partial charge in [0.1, 0.15) is 0 Å². The summed E-state index contributed by atoms with van der Waals surface area (Å²) < 4.78 is 1.98. The van der Waals surface area contributed by atoms with Crippen LogP contribution in [0.25, 0.3) is 11.2 Å². The van der Waals surface area contributed by atoms with Crippen LogP contribution in [-0.4, -0.2) is 56.0 Å². The van der Waals surface area contributed by atoms with E-state index in [9.17, 15) is 0 Å². The van der Waals surface area contributed by atoms with Crippen LogP contribution in [0.1, 0.15) is 25.5 Å². The Labute approximate surface area is 163 Å². The highest BCUT2D eigenvalue weighted by Crippen LogP contribution is 2.28. The minimum Gasteiger partial charge on any atom is -0.395 e. The second-order valence-electron chi connectivity index (χ2n) is 6.61. The first-order valence-corrected chi connectivity index (χ1v) is 9.41. The van der Waals surface area contributed by atoms with Crippen LogP contribution in [0.2, 0.25) is 0 Å². The average molecular weight is 385 g/mol. The Balaban J connectivity index is 2.03. The van der Waals surface area contributed by atoms with Gasteiger partial charge in [-0.3, -0.25) is 4.57 Å². The molecular weight excluding hydrogens is 358 g/mol. The number of hydrogen-bond acceptors (Lipinski definition) is 8. The molecule has 0 aliphatic carbocycles. The molecule has 9 nitrogen and oxygen atoms in total. The molecule has 0 saturated carbocycles. The fourth-order valence-corrected chi connectivity index (χ4v) is 2.91. The fraction of sp³-hybridized carbons (Fsp3) is 0.421. The molecule has 150 valence electrons. The van der Waals surface area contributed by atoms with Crippen molar-refractivity contribution >= 4 is 28.9 Å². The maximum atomic E-state index is 9.16. The van der Waals surface area contributed by atoms with E-state index in [0.29, 0.717) is 48.5 Å². The summed E-state index contributed by atoms with van der Waals surface area (Å²) in [6.45, 7) is 5.44. The Morgan fingerprint density at radius 1 is 0.929 bits per heavy atom. The van der Waals surface area contributed by atoms with Gasteiger partial charge in [0.2, 0.25) is 11.9 Å². The summed E-state index contributed by atoms with van der Waals surface area (Å²) >= 11 is 0. The normalized spacial score (nSPS) is 11.2. The van der Waals surface area contributed by atoms with E-state index in [0.717, 1.165) is 5.56 Å². The van der Waals surface area contributed by atoms with Gasteiger partial charge in [0, 0.05) is 25.7 Å². The van der Waals surface area contributed by atoms with Gasteiger partial charge in [-0.15, -0.1) is 0 Å². The SMILES string of the molecule is CC(C)n1c(NCCO)nc2c(NCc3ccccc3)nc(NCCO)nc21. The van der Waals surface area contributed by atoms with Crippen molar-refractivity contribution < 1.29 is 10.2 Å². The first-order chi connectivity index (χ1) is 13.6.